The zero-order chi connectivity index (χ0) is 25.8. The highest BCUT2D eigenvalue weighted by atomic mass is 16.7. The molecule has 37 heavy (non-hydrogen) atoms. The number of hydrogen-bond donors (Lipinski definition) is 2. The lowest BCUT2D eigenvalue weighted by Crippen LogP contribution is -2.54. The fourth-order valence-electron chi connectivity index (χ4n) is 4.69. The molecule has 0 radical (unpaired) electrons. The predicted octanol–water partition coefficient (Wildman–Crippen LogP) is 1.56. The molecule has 1 unspecified atom stereocenters. The van der Waals surface area contributed by atoms with E-state index in [1.807, 2.05) is 0 Å². The average molecular weight is 512 g/mol. The van der Waals surface area contributed by atoms with E-state index in [1.54, 1.807) is 48.4 Å². The van der Waals surface area contributed by atoms with Crippen molar-refractivity contribution >= 4 is 17.7 Å². The summed E-state index contributed by atoms with van der Waals surface area (Å²) < 4.78 is 26.4. The fraction of sp³-hybridized carbons (Fsp3) is 0.423. The van der Waals surface area contributed by atoms with Crippen LogP contribution in [-0.4, -0.2) is 75.6 Å². The number of methoxy groups -OCH3 is 1. The molecule has 0 bridgehead atoms. The van der Waals surface area contributed by atoms with Crippen LogP contribution in [0.5, 0.6) is 23.0 Å². The molecule has 196 valence electrons. The molecule has 2 aromatic rings. The third-order valence-corrected chi connectivity index (χ3v) is 6.73. The van der Waals surface area contributed by atoms with E-state index in [0.29, 0.717) is 73.2 Å². The number of nitrogens with one attached hydrogen (secondary N) is 2. The number of rotatable bonds is 8. The molecule has 0 spiro atoms. The minimum absolute atomic E-state index is 0.106. The van der Waals surface area contributed by atoms with Crippen molar-refractivity contribution in [1.29, 1.82) is 0 Å². The summed E-state index contributed by atoms with van der Waals surface area (Å²) in [4.78, 5) is 41.0. The number of amides is 3. The molecular weight excluding hydrogens is 482 g/mol. The highest BCUT2D eigenvalue weighted by molar-refractivity contribution is 5.98. The van der Waals surface area contributed by atoms with E-state index in [1.165, 1.54) is 0 Å². The maximum atomic E-state index is 13.1. The molecule has 3 amide bonds. The second kappa shape index (κ2) is 11.0. The van der Waals surface area contributed by atoms with E-state index < -0.39 is 6.04 Å². The van der Waals surface area contributed by atoms with Crippen LogP contribution >= 0.6 is 0 Å². The quantitative estimate of drug-likeness (QED) is 0.512. The van der Waals surface area contributed by atoms with Crippen molar-refractivity contribution in [2.45, 2.75) is 18.9 Å². The number of likely N-dealkylation sites (tertiary alicyclic amines) is 1. The Labute approximate surface area is 213 Å². The van der Waals surface area contributed by atoms with Crippen molar-refractivity contribution in [2.24, 2.45) is 5.92 Å². The van der Waals surface area contributed by atoms with Gasteiger partial charge in [0.1, 0.15) is 6.04 Å². The summed E-state index contributed by atoms with van der Waals surface area (Å²) in [5.74, 6) is 1.31. The summed E-state index contributed by atoms with van der Waals surface area (Å²) in [5.41, 5.74) is 0.891. The molecule has 2 aromatic carbocycles. The van der Waals surface area contributed by atoms with Gasteiger partial charge in [0.15, 0.2) is 23.0 Å². The van der Waals surface area contributed by atoms with Crippen LogP contribution in [0.3, 0.4) is 0 Å². The summed E-state index contributed by atoms with van der Waals surface area (Å²) in [7, 11) is 1.55. The average Bonchev–Trinajstić information content (AvgIpc) is 3.60. The highest BCUT2D eigenvalue weighted by Gasteiger charge is 2.34. The number of fused-ring (bicyclic) bond motifs is 2. The first kappa shape index (κ1) is 24.7. The van der Waals surface area contributed by atoms with Crippen LogP contribution in [0.1, 0.15) is 33.6 Å². The van der Waals surface area contributed by atoms with Gasteiger partial charge in [-0.1, -0.05) is 0 Å². The molecule has 3 aliphatic rings. The van der Waals surface area contributed by atoms with E-state index in [-0.39, 0.29) is 37.2 Å². The van der Waals surface area contributed by atoms with Crippen LogP contribution in [0.15, 0.2) is 36.4 Å². The fourth-order valence-corrected chi connectivity index (χ4v) is 4.69. The van der Waals surface area contributed by atoms with Gasteiger partial charge in [0.05, 0.1) is 6.61 Å². The van der Waals surface area contributed by atoms with Crippen molar-refractivity contribution in [2.75, 3.05) is 46.9 Å². The minimum atomic E-state index is -0.766. The Morgan fingerprint density at radius 2 is 1.51 bits per heavy atom. The smallest absolute Gasteiger partial charge is 0.253 e. The van der Waals surface area contributed by atoms with E-state index in [9.17, 15) is 14.4 Å². The third-order valence-electron chi connectivity index (χ3n) is 6.73. The van der Waals surface area contributed by atoms with Crippen LogP contribution in [0.25, 0.3) is 0 Å². The Morgan fingerprint density at radius 1 is 0.919 bits per heavy atom. The summed E-state index contributed by atoms with van der Waals surface area (Å²) in [6.07, 6.45) is 1.11. The number of nitrogens with zero attached hydrogens (tertiary/aromatic N) is 1. The second-order valence-corrected chi connectivity index (χ2v) is 9.00. The van der Waals surface area contributed by atoms with Crippen LogP contribution in [0.4, 0.5) is 0 Å². The van der Waals surface area contributed by atoms with Crippen LogP contribution < -0.4 is 29.6 Å². The van der Waals surface area contributed by atoms with Gasteiger partial charge in [-0.05, 0) is 55.2 Å². The maximum Gasteiger partial charge on any atom is 0.253 e. The topological polar surface area (TPSA) is 125 Å². The van der Waals surface area contributed by atoms with Crippen molar-refractivity contribution in [3.63, 3.8) is 0 Å². The van der Waals surface area contributed by atoms with Gasteiger partial charge in [-0.3, -0.25) is 14.4 Å². The molecule has 0 saturated carbocycles. The molecule has 2 N–H and O–H groups in total. The number of benzene rings is 2. The summed E-state index contributed by atoms with van der Waals surface area (Å²) >= 11 is 0. The molecule has 0 aliphatic carbocycles. The molecule has 3 aliphatic heterocycles. The highest BCUT2D eigenvalue weighted by Crippen LogP contribution is 2.34. The Balaban J connectivity index is 1.24. The van der Waals surface area contributed by atoms with Crippen LogP contribution in [0.2, 0.25) is 0 Å². The lowest BCUT2D eigenvalue weighted by atomic mass is 9.88. The standard InChI is InChI=1S/C26H29N3O8/c1-33-11-8-27-25(31)23(28-24(30)17-2-4-19-21(12-17)36-14-34-19)16-6-9-29(10-7-16)26(32)18-3-5-20-22(13-18)37-15-35-20/h2-5,12-13,16,23H,6-11,14-15H2,1H3,(H,27,31)(H,28,30). The Kier molecular flexibility index (Phi) is 7.31. The molecule has 1 saturated heterocycles. The van der Waals surface area contributed by atoms with Gasteiger partial charge >= 0.3 is 0 Å². The number of carbonyl (C=O) groups excluding carboxylic acids is 3. The summed E-state index contributed by atoms with van der Waals surface area (Å²) in [6.45, 7) is 1.85. The predicted molar refractivity (Wildman–Crippen MR) is 130 cm³/mol. The van der Waals surface area contributed by atoms with E-state index in [0.717, 1.165) is 0 Å². The van der Waals surface area contributed by atoms with Gasteiger partial charge in [-0.2, -0.15) is 0 Å². The summed E-state index contributed by atoms with van der Waals surface area (Å²) in [5, 5.41) is 5.74. The molecule has 1 fully saturated rings. The van der Waals surface area contributed by atoms with Crippen LogP contribution in [-0.2, 0) is 9.53 Å². The zero-order valence-corrected chi connectivity index (χ0v) is 20.5. The summed E-state index contributed by atoms with van der Waals surface area (Å²) in [6, 6.07) is 9.28. The Hall–Kier alpha value is -3.99. The number of ether oxygens (including phenoxy) is 5. The lowest BCUT2D eigenvalue weighted by molar-refractivity contribution is -0.124. The monoisotopic (exact) mass is 511 g/mol. The van der Waals surface area contributed by atoms with Gasteiger partial charge < -0.3 is 39.2 Å². The van der Waals surface area contributed by atoms with Crippen molar-refractivity contribution < 1.29 is 38.1 Å². The first-order valence-electron chi connectivity index (χ1n) is 12.2. The number of hydrogen-bond acceptors (Lipinski definition) is 8. The third kappa shape index (κ3) is 5.41. The molecule has 5 rings (SSSR count). The van der Waals surface area contributed by atoms with E-state index >= 15 is 0 Å². The lowest BCUT2D eigenvalue weighted by Gasteiger charge is -2.36. The molecule has 11 nitrogen and oxygen atoms in total. The van der Waals surface area contributed by atoms with Gasteiger partial charge in [0.25, 0.3) is 11.8 Å². The number of piperidine rings is 1. The van der Waals surface area contributed by atoms with Gasteiger partial charge in [0.2, 0.25) is 19.5 Å². The minimum Gasteiger partial charge on any atom is -0.454 e. The first-order chi connectivity index (χ1) is 18.0. The molecular formula is C26H29N3O8. The van der Waals surface area contributed by atoms with Crippen LogP contribution in [0, 0.1) is 5.92 Å². The largest absolute Gasteiger partial charge is 0.454 e. The second-order valence-electron chi connectivity index (χ2n) is 9.00. The van der Waals surface area contributed by atoms with E-state index in [2.05, 4.69) is 10.6 Å². The normalized spacial score (nSPS) is 16.8. The molecule has 0 aromatic heterocycles. The molecule has 11 heteroatoms. The Bertz CT molecular complexity index is 1180. The Morgan fingerprint density at radius 3 is 2.16 bits per heavy atom. The van der Waals surface area contributed by atoms with Crippen molar-refractivity contribution in [3.05, 3.63) is 47.5 Å². The van der Waals surface area contributed by atoms with Crippen molar-refractivity contribution in [1.82, 2.24) is 15.5 Å². The zero-order valence-electron chi connectivity index (χ0n) is 20.5. The SMILES string of the molecule is COCCNC(=O)C(NC(=O)c1ccc2c(c1)OCO2)C1CCN(C(=O)c2ccc3c(c2)OCO3)CC1. The maximum absolute atomic E-state index is 13.1. The molecule has 1 atom stereocenters. The number of carbonyl (C=O) groups is 3. The van der Waals surface area contributed by atoms with Crippen molar-refractivity contribution in [3.8, 4) is 23.0 Å². The molecule has 3 heterocycles. The van der Waals surface area contributed by atoms with Gasteiger partial charge in [-0.15, -0.1) is 0 Å². The van der Waals surface area contributed by atoms with Gasteiger partial charge in [-0.25, -0.2) is 0 Å². The van der Waals surface area contributed by atoms with E-state index in [4.69, 9.17) is 23.7 Å². The first-order valence-corrected chi connectivity index (χ1v) is 12.2. The van der Waals surface area contributed by atoms with Gasteiger partial charge in [0, 0.05) is 37.9 Å².